The van der Waals surface area contributed by atoms with Crippen LogP contribution in [0.3, 0.4) is 0 Å². The fraction of sp³-hybridized carbons (Fsp3) is 1.00. The van der Waals surface area contributed by atoms with Crippen LogP contribution in [0.15, 0.2) is 0 Å². The summed E-state index contributed by atoms with van der Waals surface area (Å²) in [5.41, 5.74) is 0. The van der Waals surface area contributed by atoms with E-state index in [0.29, 0.717) is 0 Å². The first-order valence-corrected chi connectivity index (χ1v) is 3.77. The molecular weight excluding hydrogens is 106 g/mol. The zero-order valence-electron chi connectivity index (χ0n) is 5.19. The molecule has 2 heteroatoms. The van der Waals surface area contributed by atoms with Crippen molar-refractivity contribution in [2.24, 2.45) is 0 Å². The van der Waals surface area contributed by atoms with E-state index in [2.05, 4.69) is 18.5 Å². The molecule has 0 aliphatic carbocycles. The average Bonchev–Trinajstić information content (AvgIpc) is 1.68. The van der Waals surface area contributed by atoms with Gasteiger partial charge in [0.05, 0.1) is 0 Å². The normalized spacial score (nSPS) is 14.1. The lowest BCUT2D eigenvalue weighted by Gasteiger charge is -2.03. The molecule has 0 radical (unpaired) electrons. The summed E-state index contributed by atoms with van der Waals surface area (Å²) in [6.07, 6.45) is 2.13. The Morgan fingerprint density at radius 3 is 2.43 bits per heavy atom. The van der Waals surface area contributed by atoms with Gasteiger partial charge in [0.15, 0.2) is 0 Å². The second-order valence-electron chi connectivity index (χ2n) is 1.60. The van der Waals surface area contributed by atoms with Gasteiger partial charge in [-0.2, -0.15) is 11.8 Å². The molecule has 0 amide bonds. The maximum absolute atomic E-state index is 3.10. The Morgan fingerprint density at radius 2 is 2.29 bits per heavy atom. The molecule has 1 atom stereocenters. The van der Waals surface area contributed by atoms with Crippen molar-refractivity contribution in [3.8, 4) is 0 Å². The molecule has 0 rings (SSSR count). The summed E-state index contributed by atoms with van der Waals surface area (Å²) in [5.74, 6) is 0. The molecule has 1 N–H and O–H groups in total. The van der Waals surface area contributed by atoms with Gasteiger partial charge in [0, 0.05) is 11.8 Å². The van der Waals surface area contributed by atoms with E-state index in [-0.39, 0.29) is 0 Å². The van der Waals surface area contributed by atoms with Crippen LogP contribution in [0.1, 0.15) is 6.92 Å². The molecule has 7 heavy (non-hydrogen) atoms. The van der Waals surface area contributed by atoms with Crippen LogP contribution in [0.4, 0.5) is 0 Å². The number of rotatable bonds is 3. The average molecular weight is 119 g/mol. The smallest absolute Gasteiger partial charge is 0.0141 e. The first-order chi connectivity index (χ1) is 3.31. The summed E-state index contributed by atoms with van der Waals surface area (Å²) < 4.78 is 0. The van der Waals surface area contributed by atoms with Gasteiger partial charge in [-0.25, -0.2) is 0 Å². The van der Waals surface area contributed by atoms with Crippen molar-refractivity contribution in [1.82, 2.24) is 5.32 Å². The molecule has 0 aliphatic heterocycles. The van der Waals surface area contributed by atoms with Gasteiger partial charge >= 0.3 is 0 Å². The molecule has 0 saturated heterocycles. The molecule has 44 valence electrons. The SMILES string of the molecule is CNCC(C)SC. The highest BCUT2D eigenvalue weighted by Crippen LogP contribution is 2.01. The lowest BCUT2D eigenvalue weighted by molar-refractivity contribution is 0.786. The van der Waals surface area contributed by atoms with Gasteiger partial charge in [-0.15, -0.1) is 0 Å². The minimum atomic E-state index is 0.755. The Labute approximate surface area is 49.9 Å². The van der Waals surface area contributed by atoms with Crippen molar-refractivity contribution in [3.63, 3.8) is 0 Å². The van der Waals surface area contributed by atoms with E-state index < -0.39 is 0 Å². The summed E-state index contributed by atoms with van der Waals surface area (Å²) in [7, 11) is 1.98. The van der Waals surface area contributed by atoms with Crippen molar-refractivity contribution in [1.29, 1.82) is 0 Å². The van der Waals surface area contributed by atoms with Gasteiger partial charge in [-0.1, -0.05) is 6.92 Å². The maximum atomic E-state index is 3.10. The first-order valence-electron chi connectivity index (χ1n) is 2.48. The van der Waals surface area contributed by atoms with Gasteiger partial charge in [0.2, 0.25) is 0 Å². The van der Waals surface area contributed by atoms with Crippen LogP contribution >= 0.6 is 11.8 Å². The third kappa shape index (κ3) is 4.16. The van der Waals surface area contributed by atoms with Crippen molar-refractivity contribution in [2.75, 3.05) is 19.8 Å². The van der Waals surface area contributed by atoms with Crippen LogP contribution in [0.5, 0.6) is 0 Å². The Kier molecular flexibility index (Phi) is 4.67. The van der Waals surface area contributed by atoms with Gasteiger partial charge in [-0.05, 0) is 13.3 Å². The summed E-state index contributed by atoms with van der Waals surface area (Å²) in [4.78, 5) is 0. The summed E-state index contributed by atoms with van der Waals surface area (Å²) >= 11 is 1.89. The van der Waals surface area contributed by atoms with E-state index in [1.165, 1.54) is 0 Å². The molecule has 0 fully saturated rings. The maximum Gasteiger partial charge on any atom is 0.0141 e. The van der Waals surface area contributed by atoms with Crippen molar-refractivity contribution >= 4 is 11.8 Å². The topological polar surface area (TPSA) is 12.0 Å². The zero-order chi connectivity index (χ0) is 5.70. The Balaban J connectivity index is 2.83. The van der Waals surface area contributed by atoms with Crippen LogP contribution in [0.2, 0.25) is 0 Å². The van der Waals surface area contributed by atoms with Gasteiger partial charge < -0.3 is 5.32 Å². The summed E-state index contributed by atoms with van der Waals surface area (Å²) in [6, 6.07) is 0. The molecule has 0 aromatic heterocycles. The number of nitrogens with one attached hydrogen (secondary N) is 1. The molecule has 0 aromatic rings. The highest BCUT2D eigenvalue weighted by molar-refractivity contribution is 7.99. The molecule has 0 spiro atoms. The molecule has 0 heterocycles. The van der Waals surface area contributed by atoms with Crippen LogP contribution in [-0.4, -0.2) is 25.1 Å². The Bertz CT molecular complexity index is 39.1. The predicted molar refractivity (Wildman–Crippen MR) is 36.9 cm³/mol. The third-order valence-electron chi connectivity index (χ3n) is 0.894. The van der Waals surface area contributed by atoms with Crippen molar-refractivity contribution < 1.29 is 0 Å². The molecular formula is C5H13NS. The molecule has 1 nitrogen and oxygen atoms in total. The van der Waals surface area contributed by atoms with E-state index in [0.717, 1.165) is 11.8 Å². The fourth-order valence-electron chi connectivity index (χ4n) is 0.371. The minimum Gasteiger partial charge on any atom is -0.319 e. The molecule has 1 unspecified atom stereocenters. The fourth-order valence-corrected chi connectivity index (χ4v) is 0.704. The number of thioether (sulfide) groups is 1. The molecule has 0 bridgehead atoms. The van der Waals surface area contributed by atoms with Crippen LogP contribution in [-0.2, 0) is 0 Å². The van der Waals surface area contributed by atoms with Crippen molar-refractivity contribution in [2.45, 2.75) is 12.2 Å². The largest absolute Gasteiger partial charge is 0.319 e. The van der Waals surface area contributed by atoms with E-state index in [1.54, 1.807) is 0 Å². The predicted octanol–water partition coefficient (Wildman–Crippen LogP) is 0.957. The first kappa shape index (κ1) is 7.31. The van der Waals surface area contributed by atoms with Gasteiger partial charge in [0.1, 0.15) is 0 Å². The lowest BCUT2D eigenvalue weighted by Crippen LogP contribution is -2.17. The number of hydrogen-bond acceptors (Lipinski definition) is 2. The second kappa shape index (κ2) is 4.47. The highest BCUT2D eigenvalue weighted by Gasteiger charge is 1.92. The zero-order valence-corrected chi connectivity index (χ0v) is 6.01. The second-order valence-corrected chi connectivity index (χ2v) is 2.88. The van der Waals surface area contributed by atoms with E-state index in [1.807, 2.05) is 18.8 Å². The Morgan fingerprint density at radius 1 is 1.71 bits per heavy atom. The lowest BCUT2D eigenvalue weighted by atomic mass is 10.5. The van der Waals surface area contributed by atoms with E-state index in [4.69, 9.17) is 0 Å². The van der Waals surface area contributed by atoms with Crippen LogP contribution in [0, 0.1) is 0 Å². The van der Waals surface area contributed by atoms with Gasteiger partial charge in [0.25, 0.3) is 0 Å². The molecule has 0 saturated carbocycles. The standard InChI is InChI=1S/C5H13NS/c1-5(7-3)4-6-2/h5-6H,4H2,1-3H3. The Hall–Kier alpha value is 0.310. The van der Waals surface area contributed by atoms with Crippen LogP contribution in [0.25, 0.3) is 0 Å². The van der Waals surface area contributed by atoms with E-state index in [9.17, 15) is 0 Å². The van der Waals surface area contributed by atoms with Crippen LogP contribution < -0.4 is 5.32 Å². The third-order valence-corrected chi connectivity index (χ3v) is 1.87. The summed E-state index contributed by atoms with van der Waals surface area (Å²) in [5, 5.41) is 3.85. The van der Waals surface area contributed by atoms with Crippen molar-refractivity contribution in [3.05, 3.63) is 0 Å². The van der Waals surface area contributed by atoms with Gasteiger partial charge in [-0.3, -0.25) is 0 Å². The minimum absolute atomic E-state index is 0.755. The van der Waals surface area contributed by atoms with E-state index >= 15 is 0 Å². The quantitative estimate of drug-likeness (QED) is 0.594. The molecule has 0 aliphatic rings. The monoisotopic (exact) mass is 119 g/mol. The molecule has 0 aromatic carbocycles. The summed E-state index contributed by atoms with van der Waals surface area (Å²) in [6.45, 7) is 3.32. The highest BCUT2D eigenvalue weighted by atomic mass is 32.2. The number of hydrogen-bond donors (Lipinski definition) is 1.